The van der Waals surface area contributed by atoms with Gasteiger partial charge in [0.05, 0.1) is 36.2 Å². The van der Waals surface area contributed by atoms with Crippen LogP contribution in [0.3, 0.4) is 0 Å². The van der Waals surface area contributed by atoms with Crippen molar-refractivity contribution in [2.24, 2.45) is 0 Å². The largest absolute Gasteiger partial charge is 0.500 e. The Morgan fingerprint density at radius 2 is 1.46 bits per heavy atom. The van der Waals surface area contributed by atoms with Crippen LogP contribution in [-0.2, 0) is 20.1 Å². The van der Waals surface area contributed by atoms with Crippen LogP contribution in [0.25, 0.3) is 72.1 Å². The summed E-state index contributed by atoms with van der Waals surface area (Å²) in [5, 5.41) is 5.82. The number of pyridine rings is 2. The molecule has 9 aromatic rings. The number of aryl methyl sites for hydroxylation is 1. The third-order valence-corrected chi connectivity index (χ3v) is 11.0. The molecule has 1 radical (unpaired) electrons. The van der Waals surface area contributed by atoms with E-state index >= 15 is 0 Å². The molecule has 0 N–H and O–H groups in total. The third-order valence-electron chi connectivity index (χ3n) is 8.92. The van der Waals surface area contributed by atoms with Crippen LogP contribution in [0.5, 0.6) is 0 Å². The number of rotatable bonds is 4. The molecule has 50 heavy (non-hydrogen) atoms. The van der Waals surface area contributed by atoms with Gasteiger partial charge in [0.2, 0.25) is 0 Å². The Morgan fingerprint density at radius 1 is 0.680 bits per heavy atom. The third kappa shape index (κ3) is 6.09. The van der Waals surface area contributed by atoms with Gasteiger partial charge in [0, 0.05) is 49.0 Å². The van der Waals surface area contributed by atoms with Gasteiger partial charge in [-0.2, -0.15) is 0 Å². The molecule has 247 valence electrons. The van der Waals surface area contributed by atoms with Gasteiger partial charge in [-0.05, 0) is 41.4 Å². The molecule has 0 aliphatic heterocycles. The van der Waals surface area contributed by atoms with Crippen molar-refractivity contribution in [2.75, 3.05) is 0 Å². The van der Waals surface area contributed by atoms with Gasteiger partial charge in [-0.15, -0.1) is 54.1 Å². The summed E-state index contributed by atoms with van der Waals surface area (Å²) in [7, 11) is -1.23. The molecule has 4 heterocycles. The monoisotopic (exact) mass is 843 g/mol. The Balaban J connectivity index is 0.000000196. The second kappa shape index (κ2) is 13.6. The summed E-state index contributed by atoms with van der Waals surface area (Å²) < 4.78 is 8.73. The summed E-state index contributed by atoms with van der Waals surface area (Å²) in [6.45, 7) is 9.01. The van der Waals surface area contributed by atoms with Crippen molar-refractivity contribution in [3.05, 3.63) is 152 Å². The van der Waals surface area contributed by atoms with Crippen LogP contribution in [0.4, 0.5) is 0 Å². The normalized spacial score (nSPS) is 11.4. The van der Waals surface area contributed by atoms with Gasteiger partial charge in [-0.1, -0.05) is 97.3 Å². The van der Waals surface area contributed by atoms with E-state index in [1.54, 1.807) is 6.20 Å². The van der Waals surface area contributed by atoms with Crippen LogP contribution in [0.2, 0.25) is 19.6 Å². The van der Waals surface area contributed by atoms with Gasteiger partial charge in [0.15, 0.2) is 0 Å². The minimum absolute atomic E-state index is 0. The van der Waals surface area contributed by atoms with E-state index in [1.807, 2.05) is 73.8 Å². The number of nitrogens with zero attached hydrogens (tertiary/aromatic N) is 4. The second-order valence-electron chi connectivity index (χ2n) is 13.2. The van der Waals surface area contributed by atoms with Crippen LogP contribution < -0.4 is 5.19 Å². The fourth-order valence-electron chi connectivity index (χ4n) is 6.36. The average Bonchev–Trinajstić information content (AvgIpc) is 3.73. The van der Waals surface area contributed by atoms with E-state index in [2.05, 4.69) is 107 Å². The minimum Gasteiger partial charge on any atom is -0.500 e. The Bertz CT molecular complexity index is 2590. The molecule has 7 heteroatoms. The molecule has 5 nitrogen and oxygen atoms in total. The fourth-order valence-corrected chi connectivity index (χ4v) is 7.40. The van der Waals surface area contributed by atoms with E-state index in [9.17, 15) is 0 Å². The quantitative estimate of drug-likeness (QED) is 0.131. The summed E-state index contributed by atoms with van der Waals surface area (Å²) >= 11 is 0. The molecule has 0 saturated heterocycles. The minimum atomic E-state index is -1.23. The van der Waals surface area contributed by atoms with Gasteiger partial charge >= 0.3 is 0 Å². The van der Waals surface area contributed by atoms with Crippen molar-refractivity contribution in [2.45, 2.75) is 26.6 Å². The van der Waals surface area contributed by atoms with Crippen LogP contribution in [0, 0.1) is 19.1 Å². The Hall–Kier alpha value is -5.20. The molecule has 0 atom stereocenters. The number of imidazole rings is 1. The molecular formula is C43H34IrN4OSi-2. The first-order valence-corrected chi connectivity index (χ1v) is 19.9. The maximum atomic E-state index is 6.57. The molecule has 0 fully saturated rings. The zero-order valence-corrected chi connectivity index (χ0v) is 31.6. The van der Waals surface area contributed by atoms with Crippen molar-refractivity contribution in [1.82, 2.24) is 19.5 Å². The van der Waals surface area contributed by atoms with Crippen LogP contribution in [-0.4, -0.2) is 27.6 Å². The number of furan rings is 1. The summed E-state index contributed by atoms with van der Waals surface area (Å²) in [4.78, 5) is 14.1. The summed E-state index contributed by atoms with van der Waals surface area (Å²) in [5.41, 5.74) is 8.43. The number of hydrogen-bond donors (Lipinski definition) is 0. The molecule has 0 unspecified atom stereocenters. The first kappa shape index (κ1) is 33.3. The van der Waals surface area contributed by atoms with E-state index in [4.69, 9.17) is 9.40 Å². The smallest absolute Gasteiger partial charge is 0.128 e. The molecule has 0 aliphatic carbocycles. The standard InChI is InChI=1S/C29H18N3O.C14H16NSi.Ir/c1-18-26-25(16-17-30-18)31-29(32(26)20-9-3-2-4-10-20)24-13-7-12-22-23-15-14-19-8-5-6-11-21(19)27(23)33-28(22)24;1-16(2,3)13-9-10-14(15-11-13)12-7-5-4-6-8-12;/h2-12,14-17H,1H3;4-7,9-11H,1-3H3;/q2*-1;. The molecule has 5 aromatic carbocycles. The Morgan fingerprint density at radius 3 is 2.22 bits per heavy atom. The van der Waals surface area contributed by atoms with E-state index in [0.717, 1.165) is 77.8 Å². The zero-order chi connectivity index (χ0) is 33.5. The molecule has 9 rings (SSSR count). The van der Waals surface area contributed by atoms with E-state index < -0.39 is 8.07 Å². The number of aromatic nitrogens is 4. The Labute approximate surface area is 306 Å². The first-order valence-electron chi connectivity index (χ1n) is 16.4. The molecule has 0 aliphatic rings. The van der Waals surface area contributed by atoms with Crippen molar-refractivity contribution in [1.29, 1.82) is 0 Å². The molecule has 0 bridgehead atoms. The van der Waals surface area contributed by atoms with Gasteiger partial charge in [0.1, 0.15) is 5.58 Å². The van der Waals surface area contributed by atoms with Crippen molar-refractivity contribution in [3.8, 4) is 28.3 Å². The maximum Gasteiger partial charge on any atom is 0.128 e. The van der Waals surface area contributed by atoms with Gasteiger partial charge in [-0.25, -0.2) is 0 Å². The fraction of sp³-hybridized carbons (Fsp3) is 0.0930. The van der Waals surface area contributed by atoms with Crippen molar-refractivity contribution >= 4 is 57.0 Å². The van der Waals surface area contributed by atoms with E-state index in [1.165, 1.54) is 5.19 Å². The van der Waals surface area contributed by atoms with Crippen molar-refractivity contribution in [3.63, 3.8) is 0 Å². The molecule has 0 spiro atoms. The SMILES string of the molecule is C[Si](C)(C)c1ccc(-c2[c-]cccc2)nc1.Cc1nccc2nc(-c3[c-]ccc4c3oc3c5ccccc5ccc43)n(-c3ccccc3)c12.[Ir]. The van der Waals surface area contributed by atoms with E-state index in [0.29, 0.717) is 0 Å². The zero-order valence-electron chi connectivity index (χ0n) is 28.2. The molecular weight excluding hydrogens is 809 g/mol. The summed E-state index contributed by atoms with van der Waals surface area (Å²) in [6, 6.07) is 47.7. The number of benzene rings is 5. The molecule has 4 aromatic heterocycles. The van der Waals surface area contributed by atoms with E-state index in [-0.39, 0.29) is 20.1 Å². The predicted octanol–water partition coefficient (Wildman–Crippen LogP) is 10.3. The van der Waals surface area contributed by atoms with Crippen LogP contribution >= 0.6 is 0 Å². The van der Waals surface area contributed by atoms with Crippen molar-refractivity contribution < 1.29 is 24.5 Å². The second-order valence-corrected chi connectivity index (χ2v) is 18.3. The average molecular weight is 843 g/mol. The number of para-hydroxylation sites is 1. The van der Waals surface area contributed by atoms with Gasteiger partial charge in [0.25, 0.3) is 0 Å². The predicted molar refractivity (Wildman–Crippen MR) is 204 cm³/mol. The summed E-state index contributed by atoms with van der Waals surface area (Å²) in [5.74, 6) is 0.793. The van der Waals surface area contributed by atoms with Gasteiger partial charge in [-0.3, -0.25) is 9.97 Å². The van der Waals surface area contributed by atoms with Gasteiger partial charge < -0.3 is 14.0 Å². The maximum absolute atomic E-state index is 6.57. The van der Waals surface area contributed by atoms with Crippen LogP contribution in [0.15, 0.2) is 138 Å². The molecule has 0 saturated carbocycles. The summed E-state index contributed by atoms with van der Waals surface area (Å²) in [6.07, 6.45) is 3.82. The Kier molecular flexibility index (Phi) is 9.06. The van der Waals surface area contributed by atoms with Crippen LogP contribution in [0.1, 0.15) is 5.69 Å². The first-order chi connectivity index (χ1) is 23.9. The molecule has 0 amide bonds. The number of fused-ring (bicyclic) bond motifs is 6. The number of hydrogen-bond acceptors (Lipinski definition) is 4. The topological polar surface area (TPSA) is 56.7 Å².